The van der Waals surface area contributed by atoms with Gasteiger partial charge in [0.25, 0.3) is 5.56 Å². The molecule has 4 aromatic rings. The van der Waals surface area contributed by atoms with Crippen molar-refractivity contribution in [2.24, 2.45) is 0 Å². The van der Waals surface area contributed by atoms with Crippen molar-refractivity contribution >= 4 is 22.7 Å². The van der Waals surface area contributed by atoms with E-state index < -0.39 is 18.3 Å². The predicted molar refractivity (Wildman–Crippen MR) is 131 cm³/mol. The summed E-state index contributed by atoms with van der Waals surface area (Å²) in [7, 11) is 0. The summed E-state index contributed by atoms with van der Waals surface area (Å²) in [6.07, 6.45) is -0.880. The van der Waals surface area contributed by atoms with Gasteiger partial charge in [-0.05, 0) is 48.4 Å². The first-order valence-electron chi connectivity index (χ1n) is 11.6. The van der Waals surface area contributed by atoms with E-state index in [9.17, 15) is 18.0 Å². The van der Waals surface area contributed by atoms with E-state index in [0.29, 0.717) is 16.1 Å². The Kier molecular flexibility index (Phi) is 5.82. The van der Waals surface area contributed by atoms with Crippen LogP contribution in [0.1, 0.15) is 37.6 Å². The molecule has 0 atom stereocenters. The minimum atomic E-state index is -4.61. The first-order valence-corrected chi connectivity index (χ1v) is 11.6. The van der Waals surface area contributed by atoms with Crippen LogP contribution in [0.2, 0.25) is 0 Å². The molecule has 11 heteroatoms. The summed E-state index contributed by atoms with van der Waals surface area (Å²) < 4.78 is 42.3. The Hall–Kier alpha value is -3.73. The van der Waals surface area contributed by atoms with Crippen LogP contribution in [0.4, 0.5) is 24.8 Å². The number of hydrogen-bond acceptors (Lipinski definition) is 6. The van der Waals surface area contributed by atoms with Gasteiger partial charge in [0.05, 0.1) is 5.69 Å². The molecule has 0 aliphatic carbocycles. The van der Waals surface area contributed by atoms with E-state index >= 15 is 0 Å². The highest BCUT2D eigenvalue weighted by Crippen LogP contribution is 2.26. The molecule has 0 fully saturated rings. The fourth-order valence-corrected chi connectivity index (χ4v) is 4.31. The molecule has 0 bridgehead atoms. The third kappa shape index (κ3) is 4.70. The molecule has 0 unspecified atom stereocenters. The highest BCUT2D eigenvalue weighted by Gasteiger charge is 2.32. The Bertz CT molecular complexity index is 1500. The maximum Gasteiger partial charge on any atom is 0.408 e. The molecule has 1 aliphatic heterocycles. The molecule has 0 saturated carbocycles. The van der Waals surface area contributed by atoms with Gasteiger partial charge in [-0.15, -0.1) is 0 Å². The first-order chi connectivity index (χ1) is 17.0. The van der Waals surface area contributed by atoms with E-state index in [0.717, 1.165) is 30.8 Å². The highest BCUT2D eigenvalue weighted by atomic mass is 19.4. The lowest BCUT2D eigenvalue weighted by molar-refractivity contribution is -0.144. The molecule has 5 rings (SSSR count). The molecule has 0 spiro atoms. The van der Waals surface area contributed by atoms with Crippen molar-refractivity contribution < 1.29 is 13.2 Å². The average Bonchev–Trinajstić information content (AvgIpc) is 3.08. The van der Waals surface area contributed by atoms with Crippen molar-refractivity contribution in [2.75, 3.05) is 11.9 Å². The minimum absolute atomic E-state index is 0.00596. The van der Waals surface area contributed by atoms with Crippen LogP contribution >= 0.6 is 0 Å². The molecule has 188 valence electrons. The average molecular weight is 498 g/mol. The van der Waals surface area contributed by atoms with Crippen LogP contribution in [-0.4, -0.2) is 37.0 Å². The van der Waals surface area contributed by atoms with Gasteiger partial charge in [-0.25, -0.2) is 14.3 Å². The number of benzene rings is 1. The number of nitrogens with one attached hydrogen (secondary N) is 2. The number of aromatic nitrogens is 5. The lowest BCUT2D eigenvalue weighted by atomic mass is 9.91. The molecule has 8 nitrogen and oxygen atoms in total. The molecular weight excluding hydrogens is 471 g/mol. The molecule has 1 aromatic carbocycles. The molecule has 3 aromatic heterocycles. The molecule has 0 amide bonds. The predicted octanol–water partition coefficient (Wildman–Crippen LogP) is 4.23. The van der Waals surface area contributed by atoms with E-state index in [1.54, 1.807) is 12.1 Å². The largest absolute Gasteiger partial charge is 0.408 e. The second-order valence-electron chi connectivity index (χ2n) is 9.91. The molecule has 0 radical (unpaired) electrons. The van der Waals surface area contributed by atoms with Gasteiger partial charge in [0.2, 0.25) is 5.95 Å². The third-order valence-corrected chi connectivity index (χ3v) is 6.11. The van der Waals surface area contributed by atoms with Gasteiger partial charge in [-0.3, -0.25) is 9.78 Å². The third-order valence-electron chi connectivity index (χ3n) is 6.11. The number of hydrogen-bond donors (Lipinski definition) is 2. The summed E-state index contributed by atoms with van der Waals surface area (Å²) >= 11 is 0. The Morgan fingerprint density at radius 3 is 2.64 bits per heavy atom. The van der Waals surface area contributed by atoms with Crippen molar-refractivity contribution in [2.45, 2.75) is 51.9 Å². The Morgan fingerprint density at radius 1 is 1.08 bits per heavy atom. The van der Waals surface area contributed by atoms with E-state index in [4.69, 9.17) is 0 Å². The zero-order valence-electron chi connectivity index (χ0n) is 20.1. The van der Waals surface area contributed by atoms with E-state index in [1.165, 1.54) is 22.6 Å². The summed E-state index contributed by atoms with van der Waals surface area (Å²) in [6.45, 7) is 6.08. The summed E-state index contributed by atoms with van der Waals surface area (Å²) in [5.41, 5.74) is 3.11. The van der Waals surface area contributed by atoms with Crippen molar-refractivity contribution in [3.8, 4) is 5.69 Å². The Morgan fingerprint density at radius 2 is 1.89 bits per heavy atom. The molecule has 0 saturated heterocycles. The Balaban J connectivity index is 1.64. The normalized spacial score (nSPS) is 14.2. The number of alkyl halides is 3. The minimum Gasteiger partial charge on any atom is -0.324 e. The number of fused-ring (bicyclic) bond motifs is 2. The van der Waals surface area contributed by atoms with Crippen LogP contribution in [0, 0.1) is 0 Å². The quantitative estimate of drug-likeness (QED) is 0.439. The van der Waals surface area contributed by atoms with E-state index in [1.807, 2.05) is 39.0 Å². The van der Waals surface area contributed by atoms with Gasteiger partial charge in [0.1, 0.15) is 11.9 Å². The second-order valence-corrected chi connectivity index (χ2v) is 9.91. The number of nitrogens with zero attached hydrogens (tertiary/aromatic N) is 5. The highest BCUT2D eigenvalue weighted by molar-refractivity contribution is 5.77. The zero-order valence-corrected chi connectivity index (χ0v) is 20.1. The maximum atomic E-state index is 13.5. The number of rotatable bonds is 4. The van der Waals surface area contributed by atoms with Crippen LogP contribution in [0.5, 0.6) is 0 Å². The lowest BCUT2D eigenvalue weighted by Crippen LogP contribution is -2.30. The van der Waals surface area contributed by atoms with Gasteiger partial charge in [-0.1, -0.05) is 26.8 Å². The molecule has 2 N–H and O–H groups in total. The number of pyridine rings is 1. The van der Waals surface area contributed by atoms with Crippen molar-refractivity contribution in [3.63, 3.8) is 0 Å². The standard InChI is InChI=1S/C25H26F3N7O/c1-24(2,3)20-11-18(7-9-30-20)35-21-19(22(36)34(35)14-25(26,27)28)13-31-23(33-21)32-17-5-4-15-6-8-29-12-16(15)10-17/h4-5,7,9-11,13,29H,6,8,12,14H2,1-3H3,(H,31,32,33). The number of anilines is 2. The second kappa shape index (κ2) is 8.74. The van der Waals surface area contributed by atoms with Gasteiger partial charge in [0.15, 0.2) is 5.65 Å². The maximum absolute atomic E-state index is 13.5. The lowest BCUT2D eigenvalue weighted by Gasteiger charge is -2.20. The summed E-state index contributed by atoms with van der Waals surface area (Å²) in [6, 6.07) is 9.19. The summed E-state index contributed by atoms with van der Waals surface area (Å²) in [5.74, 6) is 0.175. The monoisotopic (exact) mass is 497 g/mol. The molecule has 4 heterocycles. The van der Waals surface area contributed by atoms with Gasteiger partial charge >= 0.3 is 6.18 Å². The smallest absolute Gasteiger partial charge is 0.324 e. The molecule has 1 aliphatic rings. The van der Waals surface area contributed by atoms with Crippen molar-refractivity contribution in [1.29, 1.82) is 0 Å². The fraction of sp³-hybridized carbons (Fsp3) is 0.360. The Labute approximate surface area is 205 Å². The van der Waals surface area contributed by atoms with E-state index in [-0.39, 0.29) is 22.4 Å². The van der Waals surface area contributed by atoms with Gasteiger partial charge < -0.3 is 10.6 Å². The van der Waals surface area contributed by atoms with Gasteiger partial charge in [-0.2, -0.15) is 18.2 Å². The number of halogens is 3. The van der Waals surface area contributed by atoms with Crippen molar-refractivity contribution in [3.05, 3.63) is 69.9 Å². The first kappa shape index (κ1) is 24.0. The fourth-order valence-electron chi connectivity index (χ4n) is 4.31. The van der Waals surface area contributed by atoms with Crippen LogP contribution in [0.3, 0.4) is 0 Å². The molecule has 36 heavy (non-hydrogen) atoms. The van der Waals surface area contributed by atoms with E-state index in [2.05, 4.69) is 25.6 Å². The van der Waals surface area contributed by atoms with Crippen LogP contribution in [0.15, 0.2) is 47.5 Å². The zero-order chi connectivity index (χ0) is 25.7. The van der Waals surface area contributed by atoms with Crippen LogP contribution in [0.25, 0.3) is 16.7 Å². The van der Waals surface area contributed by atoms with Crippen molar-refractivity contribution in [1.82, 2.24) is 29.6 Å². The summed E-state index contributed by atoms with van der Waals surface area (Å²) in [5, 5.41) is 6.45. The summed E-state index contributed by atoms with van der Waals surface area (Å²) in [4.78, 5) is 26.1. The van der Waals surface area contributed by atoms with Gasteiger partial charge in [0, 0.05) is 35.7 Å². The molecular formula is C25H26F3N7O. The van der Waals surface area contributed by atoms with Crippen LogP contribution in [-0.2, 0) is 24.9 Å². The SMILES string of the molecule is CC(C)(C)c1cc(-n2c3nc(Nc4ccc5c(c4)CNCC5)ncc3c(=O)n2CC(F)(F)F)ccn1. The topological polar surface area (TPSA) is 89.7 Å². The van der Waals surface area contributed by atoms with Crippen LogP contribution < -0.4 is 16.2 Å².